The van der Waals surface area contributed by atoms with Gasteiger partial charge < -0.3 is 19.7 Å². The molecule has 2 fully saturated rings. The Bertz CT molecular complexity index is 900. The summed E-state index contributed by atoms with van der Waals surface area (Å²) in [4.78, 5) is 14.9. The molecule has 4 rings (SSSR count). The molecule has 2 saturated heterocycles. The van der Waals surface area contributed by atoms with Crippen molar-refractivity contribution in [2.24, 2.45) is 11.8 Å². The highest BCUT2D eigenvalue weighted by molar-refractivity contribution is 9.10. The van der Waals surface area contributed by atoms with E-state index < -0.39 is 0 Å². The van der Waals surface area contributed by atoms with Gasteiger partial charge in [0, 0.05) is 50.1 Å². The van der Waals surface area contributed by atoms with Gasteiger partial charge in [-0.05, 0) is 99.9 Å². The third kappa shape index (κ3) is 6.75. The standard InChI is InChI=1S/C12H15BrFNO.C12H13BrFNO/c2*13-11-2-1-10(7-12(11)14)15-5-3-9(8-16)4-6-15/h1-2,7,9,16H,3-6,8H2;1-2,7-9H,3-6H2. The van der Waals surface area contributed by atoms with E-state index in [4.69, 9.17) is 5.11 Å². The van der Waals surface area contributed by atoms with Crippen molar-refractivity contribution in [1.29, 1.82) is 0 Å². The Morgan fingerprint density at radius 2 is 1.28 bits per heavy atom. The van der Waals surface area contributed by atoms with Gasteiger partial charge >= 0.3 is 0 Å². The molecule has 0 spiro atoms. The lowest BCUT2D eigenvalue weighted by Crippen LogP contribution is -2.34. The number of hydrogen-bond acceptors (Lipinski definition) is 4. The molecule has 32 heavy (non-hydrogen) atoms. The van der Waals surface area contributed by atoms with Gasteiger partial charge in [0.05, 0.1) is 8.95 Å². The molecule has 174 valence electrons. The summed E-state index contributed by atoms with van der Waals surface area (Å²) >= 11 is 6.28. The number of nitrogens with zero attached hydrogens (tertiary/aromatic N) is 2. The third-order valence-corrected chi connectivity index (χ3v) is 7.43. The number of piperidine rings is 2. The quantitative estimate of drug-likeness (QED) is 0.469. The molecule has 1 N–H and O–H groups in total. The molecule has 2 aliphatic rings. The van der Waals surface area contributed by atoms with Gasteiger partial charge in [0.25, 0.3) is 0 Å². The van der Waals surface area contributed by atoms with Crippen LogP contribution >= 0.6 is 31.9 Å². The number of anilines is 2. The Morgan fingerprint density at radius 3 is 1.66 bits per heavy atom. The van der Waals surface area contributed by atoms with E-state index in [2.05, 4.69) is 41.7 Å². The first-order chi connectivity index (χ1) is 15.4. The van der Waals surface area contributed by atoms with Crippen LogP contribution in [0.25, 0.3) is 0 Å². The molecule has 0 unspecified atom stereocenters. The highest BCUT2D eigenvalue weighted by Gasteiger charge is 2.20. The van der Waals surface area contributed by atoms with Gasteiger partial charge in [-0.25, -0.2) is 8.78 Å². The second-order valence-corrected chi connectivity index (χ2v) is 9.98. The van der Waals surface area contributed by atoms with Gasteiger partial charge in [-0.2, -0.15) is 0 Å². The van der Waals surface area contributed by atoms with Gasteiger partial charge in [0.1, 0.15) is 17.9 Å². The number of aliphatic hydroxyl groups is 1. The summed E-state index contributed by atoms with van der Waals surface area (Å²) in [6.07, 6.45) is 4.71. The maximum absolute atomic E-state index is 13.4. The molecule has 0 saturated carbocycles. The number of rotatable bonds is 4. The minimum absolute atomic E-state index is 0.177. The summed E-state index contributed by atoms with van der Waals surface area (Å²) in [7, 11) is 0. The summed E-state index contributed by atoms with van der Waals surface area (Å²) in [5.74, 6) is 0.130. The number of benzene rings is 2. The molecular weight excluding hydrogens is 546 g/mol. The van der Waals surface area contributed by atoms with Crippen molar-refractivity contribution in [3.8, 4) is 0 Å². The van der Waals surface area contributed by atoms with E-state index in [1.165, 1.54) is 6.07 Å². The third-order valence-electron chi connectivity index (χ3n) is 6.14. The van der Waals surface area contributed by atoms with E-state index in [0.29, 0.717) is 14.9 Å². The SMILES string of the molecule is O=CC1CCN(c2ccc(Br)c(F)c2)CC1.OCC1CCN(c2ccc(Br)c(F)c2)CC1. The van der Waals surface area contributed by atoms with Crippen molar-refractivity contribution in [2.75, 3.05) is 42.6 Å². The van der Waals surface area contributed by atoms with Gasteiger partial charge in [0.15, 0.2) is 0 Å². The first-order valence-electron chi connectivity index (χ1n) is 10.9. The zero-order valence-corrected chi connectivity index (χ0v) is 21.0. The van der Waals surface area contributed by atoms with Crippen LogP contribution in [-0.4, -0.2) is 44.2 Å². The average Bonchev–Trinajstić information content (AvgIpc) is 2.83. The number of aliphatic hydroxyl groups excluding tert-OH is 1. The number of aldehydes is 1. The van der Waals surface area contributed by atoms with Gasteiger partial charge in [-0.15, -0.1) is 0 Å². The van der Waals surface area contributed by atoms with Crippen LogP contribution < -0.4 is 9.80 Å². The lowest BCUT2D eigenvalue weighted by atomic mass is 9.97. The van der Waals surface area contributed by atoms with Crippen molar-refractivity contribution in [3.63, 3.8) is 0 Å². The van der Waals surface area contributed by atoms with Crippen molar-refractivity contribution < 1.29 is 18.7 Å². The largest absolute Gasteiger partial charge is 0.396 e. The van der Waals surface area contributed by atoms with Crippen LogP contribution in [-0.2, 0) is 4.79 Å². The molecule has 0 bridgehead atoms. The fourth-order valence-corrected chi connectivity index (χ4v) is 4.52. The Labute approximate surface area is 204 Å². The summed E-state index contributed by atoms with van der Waals surface area (Å²) in [5, 5.41) is 9.04. The minimum atomic E-state index is -0.241. The fourth-order valence-electron chi connectivity index (χ4n) is 4.03. The van der Waals surface area contributed by atoms with E-state index in [9.17, 15) is 13.6 Å². The normalized spacial score (nSPS) is 17.7. The smallest absolute Gasteiger partial charge is 0.139 e. The van der Waals surface area contributed by atoms with Gasteiger partial charge in [-0.3, -0.25) is 0 Å². The summed E-state index contributed by atoms with van der Waals surface area (Å²) < 4.78 is 27.7. The topological polar surface area (TPSA) is 43.8 Å². The van der Waals surface area contributed by atoms with E-state index in [0.717, 1.165) is 69.5 Å². The van der Waals surface area contributed by atoms with Crippen LogP contribution in [0.5, 0.6) is 0 Å². The highest BCUT2D eigenvalue weighted by Crippen LogP contribution is 2.27. The second kappa shape index (κ2) is 12.1. The van der Waals surface area contributed by atoms with Crippen molar-refractivity contribution in [1.82, 2.24) is 0 Å². The summed E-state index contributed by atoms with van der Waals surface area (Å²) in [6, 6.07) is 10.4. The molecular formula is C24H28Br2F2N2O2. The monoisotopic (exact) mass is 572 g/mol. The maximum atomic E-state index is 13.4. The molecule has 0 amide bonds. The molecule has 2 aliphatic heterocycles. The number of carbonyl (C=O) groups excluding carboxylic acids is 1. The van der Waals surface area contributed by atoms with Gasteiger partial charge in [0.2, 0.25) is 0 Å². The van der Waals surface area contributed by atoms with Crippen LogP contribution in [0.2, 0.25) is 0 Å². The molecule has 4 nitrogen and oxygen atoms in total. The maximum Gasteiger partial charge on any atom is 0.139 e. The van der Waals surface area contributed by atoms with Crippen LogP contribution in [0, 0.1) is 23.5 Å². The molecule has 2 heterocycles. The average molecular weight is 574 g/mol. The number of carbonyl (C=O) groups is 1. The van der Waals surface area contributed by atoms with Crippen LogP contribution in [0.15, 0.2) is 45.3 Å². The zero-order valence-electron chi connectivity index (χ0n) is 17.8. The van der Waals surface area contributed by atoms with Gasteiger partial charge in [-0.1, -0.05) is 0 Å². The molecule has 0 aromatic heterocycles. The molecule has 2 aromatic carbocycles. The minimum Gasteiger partial charge on any atom is -0.396 e. The van der Waals surface area contributed by atoms with Crippen molar-refractivity contribution >= 4 is 49.5 Å². The second-order valence-electron chi connectivity index (χ2n) is 8.27. The van der Waals surface area contributed by atoms with E-state index in [1.807, 2.05) is 12.1 Å². The van der Waals surface area contributed by atoms with Crippen molar-refractivity contribution in [3.05, 3.63) is 57.0 Å². The molecule has 0 radical (unpaired) electrons. The van der Waals surface area contributed by atoms with Crippen LogP contribution in [0.4, 0.5) is 20.2 Å². The lowest BCUT2D eigenvalue weighted by Gasteiger charge is -2.32. The molecule has 0 aliphatic carbocycles. The Balaban J connectivity index is 0.000000181. The predicted molar refractivity (Wildman–Crippen MR) is 131 cm³/mol. The van der Waals surface area contributed by atoms with Crippen LogP contribution in [0.1, 0.15) is 25.7 Å². The summed E-state index contributed by atoms with van der Waals surface area (Å²) in [5.41, 5.74) is 1.82. The Morgan fingerprint density at radius 1 is 0.844 bits per heavy atom. The Kier molecular flexibility index (Phi) is 9.49. The molecule has 0 atom stereocenters. The number of halogens is 4. The van der Waals surface area contributed by atoms with E-state index in [-0.39, 0.29) is 24.2 Å². The predicted octanol–water partition coefficient (Wildman–Crippen LogP) is 5.80. The first-order valence-corrected chi connectivity index (χ1v) is 12.5. The molecule has 2 aromatic rings. The van der Waals surface area contributed by atoms with E-state index in [1.54, 1.807) is 18.2 Å². The van der Waals surface area contributed by atoms with Crippen LogP contribution in [0.3, 0.4) is 0 Å². The summed E-state index contributed by atoms with van der Waals surface area (Å²) in [6.45, 7) is 3.70. The van der Waals surface area contributed by atoms with E-state index >= 15 is 0 Å². The van der Waals surface area contributed by atoms with Crippen molar-refractivity contribution in [2.45, 2.75) is 25.7 Å². The Hall–Kier alpha value is -1.51. The lowest BCUT2D eigenvalue weighted by molar-refractivity contribution is -0.111. The zero-order chi connectivity index (χ0) is 23.1. The molecule has 8 heteroatoms. The highest BCUT2D eigenvalue weighted by atomic mass is 79.9. The number of hydrogen-bond donors (Lipinski definition) is 1. The fraction of sp³-hybridized carbons (Fsp3) is 0.458. The first kappa shape index (κ1) is 25.1.